The van der Waals surface area contributed by atoms with E-state index in [1.165, 1.54) is 35.2 Å². The average Bonchev–Trinajstić information content (AvgIpc) is 3.75. The van der Waals surface area contributed by atoms with Gasteiger partial charge in [-0.2, -0.15) is 4.98 Å². The highest BCUT2D eigenvalue weighted by atomic mass is 32.5. The Balaban J connectivity index is 1.20. The molecule has 3 saturated heterocycles. The quantitative estimate of drug-likeness (QED) is 0.206. The van der Waals surface area contributed by atoms with Crippen LogP contribution in [0.5, 0.6) is 0 Å². The van der Waals surface area contributed by atoms with Crippen LogP contribution in [0.4, 0.5) is 16.2 Å². The van der Waals surface area contributed by atoms with Crippen LogP contribution in [0.1, 0.15) is 12.5 Å². The van der Waals surface area contributed by atoms with E-state index in [-0.39, 0.29) is 34.1 Å². The Kier molecular flexibility index (Phi) is 7.85. The number of nitrogens with zero attached hydrogens (tertiary/aromatic N) is 7. The predicted octanol–water partition coefficient (Wildman–Crippen LogP) is -0.0368. The molecule has 4 aromatic heterocycles. The normalized spacial score (nSPS) is 35.2. The second-order valence-corrected chi connectivity index (χ2v) is 13.8. The first-order valence-corrected chi connectivity index (χ1v) is 16.8. The van der Waals surface area contributed by atoms with E-state index in [2.05, 4.69) is 29.9 Å². The van der Waals surface area contributed by atoms with E-state index in [1.54, 1.807) is 0 Å². The summed E-state index contributed by atoms with van der Waals surface area (Å²) in [5, 5.41) is 0. The van der Waals surface area contributed by atoms with Crippen molar-refractivity contribution in [2.24, 2.45) is 0 Å². The highest BCUT2D eigenvalue weighted by molar-refractivity contribution is 8.07. The van der Waals surface area contributed by atoms with Crippen molar-refractivity contribution in [3.05, 3.63) is 29.3 Å². The van der Waals surface area contributed by atoms with E-state index < -0.39 is 82.9 Å². The summed E-state index contributed by atoms with van der Waals surface area (Å²) in [6.07, 6.45) is -6.77. The molecule has 10 atom stereocenters. The molecule has 0 aromatic carbocycles. The van der Waals surface area contributed by atoms with E-state index in [0.29, 0.717) is 0 Å². The summed E-state index contributed by atoms with van der Waals surface area (Å²) in [5.41, 5.74) is 11.4. The number of alkyl halides is 1. The summed E-state index contributed by atoms with van der Waals surface area (Å²) in [7, 11) is -1.63. The summed E-state index contributed by atoms with van der Waals surface area (Å²) in [6.45, 7) is -5.13. The number of H-pyrrole nitrogens is 1. The van der Waals surface area contributed by atoms with Crippen LogP contribution in [0.3, 0.4) is 0 Å². The van der Waals surface area contributed by atoms with Crippen molar-refractivity contribution in [1.82, 2.24) is 39.0 Å². The molecule has 7 rings (SSSR count). The molecule has 3 aliphatic rings. The zero-order chi connectivity index (χ0) is 31.6. The third-order valence-corrected chi connectivity index (χ3v) is 9.75. The van der Waals surface area contributed by atoms with Crippen molar-refractivity contribution in [3.63, 3.8) is 0 Å². The van der Waals surface area contributed by atoms with Gasteiger partial charge in [-0.05, 0) is 11.8 Å². The third-order valence-electron chi connectivity index (χ3n) is 7.42. The molecule has 240 valence electrons. The van der Waals surface area contributed by atoms with Crippen LogP contribution in [0, 0.1) is 0 Å². The Labute approximate surface area is 256 Å². The lowest BCUT2D eigenvalue weighted by atomic mass is 10.1. The van der Waals surface area contributed by atoms with Gasteiger partial charge in [-0.15, -0.1) is 9.05 Å². The molecular weight excluding hydrogens is 665 g/mol. The van der Waals surface area contributed by atoms with E-state index in [9.17, 15) is 14.3 Å². The van der Waals surface area contributed by atoms with Gasteiger partial charge in [0.05, 0.1) is 19.3 Å². The maximum atomic E-state index is 15.9. The van der Waals surface area contributed by atoms with Crippen LogP contribution in [-0.2, 0) is 48.7 Å². The summed E-state index contributed by atoms with van der Waals surface area (Å²) < 4.78 is 71.6. The molecular formula is C21H24FN10O10P2S+. The molecule has 0 amide bonds. The topological polar surface area (TPSA) is 261 Å². The Bertz CT molecular complexity index is 1900. The van der Waals surface area contributed by atoms with Crippen LogP contribution in [0.25, 0.3) is 22.3 Å². The lowest BCUT2D eigenvalue weighted by molar-refractivity contribution is -0.0586. The smallest absolute Gasteiger partial charge is 0.382 e. The lowest BCUT2D eigenvalue weighted by Crippen LogP contribution is -2.37. The number of rotatable bonds is 3. The zero-order valence-electron chi connectivity index (χ0n) is 22.9. The Morgan fingerprint density at radius 3 is 2.60 bits per heavy atom. The summed E-state index contributed by atoms with van der Waals surface area (Å²) in [4.78, 5) is 46.2. The molecule has 3 fully saturated rings. The minimum Gasteiger partial charge on any atom is -0.382 e. The number of fused-ring (bicyclic) bond motifs is 5. The molecule has 6 N–H and O–H groups in total. The first kappa shape index (κ1) is 30.5. The number of aromatic amines is 1. The van der Waals surface area contributed by atoms with Crippen molar-refractivity contribution < 1.29 is 46.2 Å². The van der Waals surface area contributed by atoms with E-state index in [4.69, 9.17) is 55.6 Å². The van der Waals surface area contributed by atoms with Gasteiger partial charge in [-0.25, -0.2) is 24.3 Å². The van der Waals surface area contributed by atoms with Gasteiger partial charge in [-0.3, -0.25) is 23.4 Å². The van der Waals surface area contributed by atoms with Gasteiger partial charge in [0.25, 0.3) is 5.56 Å². The van der Waals surface area contributed by atoms with Crippen LogP contribution < -0.4 is 17.0 Å². The van der Waals surface area contributed by atoms with Crippen molar-refractivity contribution in [2.75, 3.05) is 31.8 Å². The van der Waals surface area contributed by atoms with E-state index in [1.807, 2.05) is 0 Å². The second-order valence-electron chi connectivity index (χ2n) is 10.1. The van der Waals surface area contributed by atoms with Crippen molar-refractivity contribution in [3.8, 4) is 0 Å². The molecule has 0 saturated carbocycles. The summed E-state index contributed by atoms with van der Waals surface area (Å²) in [5.74, 6) is -0.113. The number of hydrogen-bond donors (Lipinski definition) is 4. The molecule has 0 aliphatic carbocycles. The number of hydrogen-bond acceptors (Lipinski definition) is 17. The third kappa shape index (κ3) is 5.40. The number of halogens is 1. The molecule has 2 bridgehead atoms. The number of nitrogen functional groups attached to an aromatic ring is 2. The van der Waals surface area contributed by atoms with Gasteiger partial charge in [-0.1, -0.05) is 0 Å². The standard InChI is InChI=1S/C21H23FN10O10P2S/c1-36-13-7-2-37-43(34)41-12-8(39-19(9(12)22)31-5-27-10-15(23)25-4-26-16(10)31)3-38-44(35,45)42-14(13)20(40-7)32-6-28-11-17(32)29-21(24)30-18(11)33/h4-9,12-14,19-20H,2-3H2,1H3,(H5-,23,24,25,26,29,30,33,35,45)/p+1. The summed E-state index contributed by atoms with van der Waals surface area (Å²) in [6, 6.07) is 0. The number of nitrogens with one attached hydrogen (secondary N) is 1. The van der Waals surface area contributed by atoms with Gasteiger partial charge >= 0.3 is 15.0 Å². The molecule has 4 aromatic rings. The maximum Gasteiger partial charge on any atom is 0.697 e. The predicted molar refractivity (Wildman–Crippen MR) is 152 cm³/mol. The first-order valence-electron chi connectivity index (χ1n) is 13.1. The number of nitrogens with two attached hydrogens (primary N) is 2. The van der Waals surface area contributed by atoms with Gasteiger partial charge < -0.3 is 35.1 Å². The lowest BCUT2D eigenvalue weighted by Gasteiger charge is -2.28. The molecule has 24 heteroatoms. The van der Waals surface area contributed by atoms with E-state index in [0.717, 1.165) is 0 Å². The molecule has 10 unspecified atom stereocenters. The minimum absolute atomic E-state index is 0.0373. The Morgan fingerprint density at radius 2 is 1.82 bits per heavy atom. The highest BCUT2D eigenvalue weighted by Gasteiger charge is 2.55. The number of anilines is 2. The fourth-order valence-corrected chi connectivity index (χ4v) is 7.63. The second kappa shape index (κ2) is 11.6. The first-order chi connectivity index (χ1) is 21.5. The van der Waals surface area contributed by atoms with Crippen LogP contribution in [0.15, 0.2) is 23.8 Å². The van der Waals surface area contributed by atoms with Gasteiger partial charge in [0.1, 0.15) is 42.9 Å². The van der Waals surface area contributed by atoms with Crippen molar-refractivity contribution in [2.45, 2.75) is 49.1 Å². The SMILES string of the molecule is COC1C2CO[P+](=O)OC3C(COP(O)(=S)OC1C(n1cnc4c(=O)[nH]c(N)nc41)O2)OC(n1cnc2c(N)ncnc21)C3F. The monoisotopic (exact) mass is 689 g/mol. The number of ether oxygens (including phenoxy) is 3. The summed E-state index contributed by atoms with van der Waals surface area (Å²) >= 11 is 5.31. The fourth-order valence-electron chi connectivity index (χ4n) is 5.44. The van der Waals surface area contributed by atoms with Crippen molar-refractivity contribution >= 4 is 60.9 Å². The number of imidazole rings is 2. The molecule has 0 radical (unpaired) electrons. The Morgan fingerprint density at radius 1 is 1.09 bits per heavy atom. The fraction of sp³-hybridized carbons (Fsp3) is 0.524. The zero-order valence-corrected chi connectivity index (χ0v) is 25.5. The highest BCUT2D eigenvalue weighted by Crippen LogP contribution is 2.52. The average molecular weight is 689 g/mol. The van der Waals surface area contributed by atoms with Gasteiger partial charge in [0.2, 0.25) is 5.95 Å². The number of aromatic nitrogens is 8. The van der Waals surface area contributed by atoms with Gasteiger partial charge in [0.15, 0.2) is 47.4 Å². The molecule has 20 nitrogen and oxygen atoms in total. The van der Waals surface area contributed by atoms with E-state index >= 15 is 4.39 Å². The maximum absolute atomic E-state index is 15.9. The molecule has 3 aliphatic heterocycles. The molecule has 0 spiro atoms. The van der Waals surface area contributed by atoms with Crippen LogP contribution in [-0.4, -0.2) is 101 Å². The van der Waals surface area contributed by atoms with Crippen LogP contribution >= 0.6 is 15.0 Å². The molecule has 7 heterocycles. The molecule has 45 heavy (non-hydrogen) atoms. The largest absolute Gasteiger partial charge is 0.697 e. The number of methoxy groups -OCH3 is 1. The minimum atomic E-state index is -4.18. The van der Waals surface area contributed by atoms with Crippen molar-refractivity contribution in [1.29, 1.82) is 0 Å². The van der Waals surface area contributed by atoms with Crippen LogP contribution in [0.2, 0.25) is 0 Å². The van der Waals surface area contributed by atoms with Gasteiger partial charge in [0, 0.05) is 11.7 Å². The Hall–Kier alpha value is -3.14.